The van der Waals surface area contributed by atoms with E-state index in [4.69, 9.17) is 4.42 Å². The zero-order valence-corrected chi connectivity index (χ0v) is 20.1. The third-order valence-corrected chi connectivity index (χ3v) is 5.28. The van der Waals surface area contributed by atoms with Gasteiger partial charge >= 0.3 is 18.2 Å². The third kappa shape index (κ3) is 7.49. The summed E-state index contributed by atoms with van der Waals surface area (Å²) in [4.78, 5) is 25.8. The molecule has 0 spiro atoms. The van der Waals surface area contributed by atoms with Crippen LogP contribution in [-0.2, 0) is 4.79 Å². The Morgan fingerprint density at radius 3 is 2.41 bits per heavy atom. The number of hydrogen-bond acceptors (Lipinski definition) is 8. The number of halogens is 4. The Hall–Kier alpha value is -4.00. The average Bonchev–Trinajstić information content (AvgIpc) is 3.34. The van der Waals surface area contributed by atoms with Gasteiger partial charge in [-0.05, 0) is 62.5 Å². The second-order valence-corrected chi connectivity index (χ2v) is 7.76. The first kappa shape index (κ1) is 27.6. The minimum atomic E-state index is -5.31. The number of esters is 1. The molecule has 1 aromatic heterocycles. The van der Waals surface area contributed by atoms with Crippen LogP contribution < -0.4 is 15.4 Å². The number of rotatable bonds is 11. The fourth-order valence-electron chi connectivity index (χ4n) is 3.27. The number of hydrogen-bond donors (Lipinski definition) is 2. The molecule has 0 fully saturated rings. The van der Waals surface area contributed by atoms with Gasteiger partial charge in [-0.1, -0.05) is 25.0 Å². The van der Waals surface area contributed by atoms with Crippen LogP contribution in [-0.4, -0.2) is 59.3 Å². The van der Waals surface area contributed by atoms with Gasteiger partial charge < -0.3 is 24.7 Å². The van der Waals surface area contributed by atoms with E-state index >= 15 is 0 Å². The quantitative estimate of drug-likeness (QED) is 0.161. The second-order valence-electron chi connectivity index (χ2n) is 7.76. The molecular weight excluding hydrogens is 498 g/mol. The highest BCUT2D eigenvalue weighted by molar-refractivity contribution is 6.04. The van der Waals surface area contributed by atoms with E-state index in [1.54, 1.807) is 12.1 Å². The van der Waals surface area contributed by atoms with Gasteiger partial charge in [0.05, 0.1) is 5.56 Å². The summed E-state index contributed by atoms with van der Waals surface area (Å²) in [5.41, 5.74) is 0.221. The summed E-state index contributed by atoms with van der Waals surface area (Å²) in [6.45, 7) is 7.79. The number of nitrogens with zero attached hydrogens (tertiary/aromatic N) is 3. The molecule has 0 aliphatic carbocycles. The van der Waals surface area contributed by atoms with E-state index in [1.165, 1.54) is 12.1 Å². The van der Waals surface area contributed by atoms with Crippen molar-refractivity contribution in [3.8, 4) is 17.2 Å². The molecule has 9 nitrogen and oxygen atoms in total. The van der Waals surface area contributed by atoms with Crippen molar-refractivity contribution in [1.29, 1.82) is 0 Å². The highest BCUT2D eigenvalue weighted by atomic mass is 19.4. The average molecular weight is 523 g/mol. The maximum atomic E-state index is 14.5. The molecule has 37 heavy (non-hydrogen) atoms. The van der Waals surface area contributed by atoms with Crippen LogP contribution in [0, 0.1) is 5.82 Å². The summed E-state index contributed by atoms with van der Waals surface area (Å²) < 4.78 is 61.3. The van der Waals surface area contributed by atoms with E-state index < -0.39 is 35.2 Å². The summed E-state index contributed by atoms with van der Waals surface area (Å²) in [6, 6.07) is 9.39. The largest absolute Gasteiger partial charge is 0.491 e. The van der Waals surface area contributed by atoms with Crippen LogP contribution in [0.4, 0.5) is 29.3 Å². The number of carbonyl (C=O) groups is 2. The number of carbonyl (C=O) groups excluding carboxylic acids is 2. The van der Waals surface area contributed by atoms with Crippen molar-refractivity contribution in [2.75, 3.05) is 36.8 Å². The molecule has 0 saturated heterocycles. The van der Waals surface area contributed by atoms with Crippen LogP contribution in [0.25, 0.3) is 11.5 Å². The van der Waals surface area contributed by atoms with Crippen LogP contribution in [0.1, 0.15) is 30.6 Å². The van der Waals surface area contributed by atoms with Crippen molar-refractivity contribution < 1.29 is 36.3 Å². The minimum absolute atomic E-state index is 0.245. The predicted octanol–water partition coefficient (Wildman–Crippen LogP) is 4.74. The first-order valence-electron chi connectivity index (χ1n) is 11.4. The molecule has 1 amide bonds. The Bertz CT molecular complexity index is 1210. The van der Waals surface area contributed by atoms with Crippen LogP contribution in [0.2, 0.25) is 0 Å². The van der Waals surface area contributed by atoms with Crippen molar-refractivity contribution in [2.45, 2.75) is 26.4 Å². The fraction of sp³-hybridized carbons (Fsp3) is 0.333. The number of anilines is 2. The zero-order chi connectivity index (χ0) is 27.0. The molecule has 0 unspecified atom stereocenters. The Morgan fingerprint density at radius 2 is 1.76 bits per heavy atom. The van der Waals surface area contributed by atoms with Crippen molar-refractivity contribution in [1.82, 2.24) is 15.1 Å². The van der Waals surface area contributed by atoms with Gasteiger partial charge in [0.1, 0.15) is 0 Å². The van der Waals surface area contributed by atoms with Crippen LogP contribution >= 0.6 is 0 Å². The number of amides is 1. The van der Waals surface area contributed by atoms with Gasteiger partial charge in [-0.2, -0.15) is 13.2 Å². The number of aromatic nitrogens is 2. The molecule has 2 N–H and O–H groups in total. The van der Waals surface area contributed by atoms with E-state index in [9.17, 15) is 27.2 Å². The Morgan fingerprint density at radius 1 is 1.05 bits per heavy atom. The topological polar surface area (TPSA) is 110 Å². The smallest absolute Gasteiger partial charge is 0.417 e. The Kier molecular flexibility index (Phi) is 9.17. The molecule has 198 valence electrons. The van der Waals surface area contributed by atoms with Crippen molar-refractivity contribution in [3.05, 3.63) is 53.8 Å². The zero-order valence-electron chi connectivity index (χ0n) is 20.1. The molecule has 2 aromatic carbocycles. The number of ether oxygens (including phenoxy) is 1. The van der Waals surface area contributed by atoms with Crippen LogP contribution in [0.3, 0.4) is 0 Å². The van der Waals surface area contributed by atoms with E-state index in [-0.39, 0.29) is 17.6 Å². The Labute approximate surface area is 209 Å². The van der Waals surface area contributed by atoms with Crippen LogP contribution in [0.15, 0.2) is 46.9 Å². The van der Waals surface area contributed by atoms with E-state index in [0.29, 0.717) is 12.1 Å². The standard InChI is InChI=1S/C24H25F4N5O4/c1-3-33(4-2)14-6-13-29-23-32-31-21(37-23)15-9-11-16(12-10-15)30-20(34)17-7-5-8-18(19(17)25)36-22(35)24(26,27)28/h5,7-12H,3-4,6,13-14H2,1-2H3,(H,29,32)(H,30,34). The molecule has 1 heterocycles. The summed E-state index contributed by atoms with van der Waals surface area (Å²) in [6.07, 6.45) is -4.41. The predicted molar refractivity (Wildman–Crippen MR) is 127 cm³/mol. The number of alkyl halides is 3. The van der Waals surface area contributed by atoms with Gasteiger partial charge in [-0.15, -0.1) is 5.10 Å². The van der Waals surface area contributed by atoms with Gasteiger partial charge in [0.15, 0.2) is 11.6 Å². The van der Waals surface area contributed by atoms with Gasteiger partial charge in [0.2, 0.25) is 5.89 Å². The normalized spacial score (nSPS) is 11.4. The lowest BCUT2D eigenvalue weighted by molar-refractivity contribution is -0.189. The molecule has 3 rings (SSSR count). The Balaban J connectivity index is 1.59. The summed E-state index contributed by atoms with van der Waals surface area (Å²) >= 11 is 0. The van der Waals surface area contributed by atoms with E-state index in [2.05, 4.69) is 44.3 Å². The highest BCUT2D eigenvalue weighted by Crippen LogP contribution is 2.26. The minimum Gasteiger partial charge on any atom is -0.417 e. The molecule has 13 heteroatoms. The summed E-state index contributed by atoms with van der Waals surface area (Å²) in [5, 5.41) is 13.4. The lowest BCUT2D eigenvalue weighted by Gasteiger charge is -2.17. The van der Waals surface area contributed by atoms with Crippen molar-refractivity contribution in [2.24, 2.45) is 0 Å². The summed E-state index contributed by atoms with van der Waals surface area (Å²) in [5.74, 6) is -5.73. The second kappa shape index (κ2) is 12.3. The molecular formula is C24H25F4N5O4. The van der Waals surface area contributed by atoms with Crippen molar-refractivity contribution in [3.63, 3.8) is 0 Å². The number of benzene rings is 2. The molecule has 3 aromatic rings. The lowest BCUT2D eigenvalue weighted by atomic mass is 10.1. The lowest BCUT2D eigenvalue weighted by Crippen LogP contribution is -2.28. The molecule has 0 atom stereocenters. The maximum Gasteiger partial charge on any atom is 0.491 e. The van der Waals surface area contributed by atoms with E-state index in [0.717, 1.165) is 44.3 Å². The molecule has 0 bridgehead atoms. The maximum absolute atomic E-state index is 14.5. The molecule has 0 aliphatic heterocycles. The fourth-order valence-corrected chi connectivity index (χ4v) is 3.27. The summed E-state index contributed by atoms with van der Waals surface area (Å²) in [7, 11) is 0. The number of nitrogens with one attached hydrogen (secondary N) is 2. The molecule has 0 radical (unpaired) electrons. The van der Waals surface area contributed by atoms with Gasteiger partial charge in [-0.3, -0.25) is 4.79 Å². The van der Waals surface area contributed by atoms with Gasteiger partial charge in [0, 0.05) is 17.8 Å². The first-order chi connectivity index (χ1) is 17.6. The molecule has 0 aliphatic rings. The monoisotopic (exact) mass is 523 g/mol. The molecule has 0 saturated carbocycles. The third-order valence-electron chi connectivity index (χ3n) is 5.28. The SMILES string of the molecule is CCN(CC)CCCNc1nnc(-c2ccc(NC(=O)c3cccc(OC(=O)C(F)(F)F)c3F)cc2)o1. The van der Waals surface area contributed by atoms with Crippen LogP contribution in [0.5, 0.6) is 5.75 Å². The van der Waals surface area contributed by atoms with E-state index in [1.807, 2.05) is 0 Å². The van der Waals surface area contributed by atoms with Gasteiger partial charge in [0.25, 0.3) is 5.91 Å². The first-order valence-corrected chi connectivity index (χ1v) is 11.4. The van der Waals surface area contributed by atoms with Crippen molar-refractivity contribution >= 4 is 23.6 Å². The van der Waals surface area contributed by atoms with Gasteiger partial charge in [-0.25, -0.2) is 9.18 Å². The highest BCUT2D eigenvalue weighted by Gasteiger charge is 2.42.